The maximum atomic E-state index is 4.20. The molecule has 0 aliphatic rings. The Morgan fingerprint density at radius 1 is 1.62 bits per heavy atom. The first kappa shape index (κ1) is 8.50. The van der Waals surface area contributed by atoms with E-state index >= 15 is 0 Å². The lowest BCUT2D eigenvalue weighted by Crippen LogP contribution is -2.04. The van der Waals surface area contributed by atoms with Gasteiger partial charge in [0.2, 0.25) is 0 Å². The van der Waals surface area contributed by atoms with E-state index < -0.39 is 0 Å². The smallest absolute Gasteiger partial charge is 0.171 e. The van der Waals surface area contributed by atoms with E-state index in [1.807, 2.05) is 13.0 Å². The van der Waals surface area contributed by atoms with Crippen LogP contribution in [-0.2, 0) is 0 Å². The SMILES string of the molecule is CCNc1ccnc2c(Br)cnn12. The average Bonchev–Trinajstić information content (AvgIpc) is 2.50. The summed E-state index contributed by atoms with van der Waals surface area (Å²) in [5.74, 6) is 0.957. The monoisotopic (exact) mass is 240 g/mol. The number of hydrogen-bond acceptors (Lipinski definition) is 3. The number of halogens is 1. The van der Waals surface area contributed by atoms with Gasteiger partial charge in [-0.3, -0.25) is 0 Å². The Kier molecular flexibility index (Phi) is 2.18. The summed E-state index contributed by atoms with van der Waals surface area (Å²) in [5.41, 5.74) is 0.832. The molecule has 0 unspecified atom stereocenters. The van der Waals surface area contributed by atoms with Gasteiger partial charge in [0.15, 0.2) is 5.65 Å². The molecule has 68 valence electrons. The Labute approximate surface area is 84.1 Å². The molecule has 2 aromatic heterocycles. The summed E-state index contributed by atoms with van der Waals surface area (Å²) in [5, 5.41) is 7.39. The summed E-state index contributed by atoms with van der Waals surface area (Å²) < 4.78 is 2.68. The van der Waals surface area contributed by atoms with Crippen molar-refractivity contribution in [1.82, 2.24) is 14.6 Å². The molecule has 1 N–H and O–H groups in total. The van der Waals surface area contributed by atoms with Crippen molar-refractivity contribution in [2.75, 3.05) is 11.9 Å². The second-order valence-corrected chi connectivity index (χ2v) is 3.44. The molecule has 13 heavy (non-hydrogen) atoms. The topological polar surface area (TPSA) is 42.2 Å². The molecular weight excluding hydrogens is 232 g/mol. The van der Waals surface area contributed by atoms with Crippen LogP contribution in [0, 0.1) is 0 Å². The van der Waals surface area contributed by atoms with Gasteiger partial charge in [0.05, 0.1) is 10.7 Å². The zero-order valence-electron chi connectivity index (χ0n) is 7.16. The van der Waals surface area contributed by atoms with Crippen molar-refractivity contribution in [3.05, 3.63) is 22.9 Å². The predicted octanol–water partition coefficient (Wildman–Crippen LogP) is 1.92. The van der Waals surface area contributed by atoms with Crippen LogP contribution in [0.25, 0.3) is 5.65 Å². The second-order valence-electron chi connectivity index (χ2n) is 2.59. The Morgan fingerprint density at radius 2 is 2.46 bits per heavy atom. The third kappa shape index (κ3) is 1.39. The Balaban J connectivity index is 2.63. The normalized spacial score (nSPS) is 10.6. The van der Waals surface area contributed by atoms with E-state index in [1.165, 1.54) is 0 Å². The van der Waals surface area contributed by atoms with Gasteiger partial charge >= 0.3 is 0 Å². The number of nitrogens with one attached hydrogen (secondary N) is 1. The van der Waals surface area contributed by atoms with Gasteiger partial charge in [0.25, 0.3) is 0 Å². The molecule has 2 heterocycles. The summed E-state index contributed by atoms with van der Waals surface area (Å²) in [6.45, 7) is 2.92. The van der Waals surface area contributed by atoms with Crippen molar-refractivity contribution in [3.8, 4) is 0 Å². The van der Waals surface area contributed by atoms with Crippen LogP contribution in [0.15, 0.2) is 22.9 Å². The lowest BCUT2D eigenvalue weighted by molar-refractivity contribution is 0.932. The molecule has 0 aliphatic carbocycles. The molecule has 5 heteroatoms. The van der Waals surface area contributed by atoms with E-state index in [1.54, 1.807) is 16.9 Å². The van der Waals surface area contributed by atoms with Crippen molar-refractivity contribution in [2.45, 2.75) is 6.92 Å². The number of nitrogens with zero attached hydrogens (tertiary/aromatic N) is 3. The molecule has 0 bridgehead atoms. The number of anilines is 1. The van der Waals surface area contributed by atoms with E-state index in [9.17, 15) is 0 Å². The van der Waals surface area contributed by atoms with Gasteiger partial charge in [0, 0.05) is 12.7 Å². The van der Waals surface area contributed by atoms with Gasteiger partial charge in [-0.15, -0.1) is 0 Å². The minimum absolute atomic E-state index is 0.832. The minimum atomic E-state index is 0.832. The molecule has 2 rings (SSSR count). The van der Waals surface area contributed by atoms with Crippen LogP contribution < -0.4 is 5.32 Å². The highest BCUT2D eigenvalue weighted by atomic mass is 79.9. The Morgan fingerprint density at radius 3 is 3.23 bits per heavy atom. The highest BCUT2D eigenvalue weighted by molar-refractivity contribution is 9.10. The van der Waals surface area contributed by atoms with Crippen LogP contribution in [0.5, 0.6) is 0 Å². The first-order chi connectivity index (χ1) is 6.33. The van der Waals surface area contributed by atoms with Crippen LogP contribution in [0.3, 0.4) is 0 Å². The van der Waals surface area contributed by atoms with Gasteiger partial charge < -0.3 is 5.32 Å². The summed E-state index contributed by atoms with van der Waals surface area (Å²) in [4.78, 5) is 4.20. The van der Waals surface area contributed by atoms with E-state index in [2.05, 4.69) is 31.3 Å². The Hall–Kier alpha value is -1.10. The van der Waals surface area contributed by atoms with Gasteiger partial charge in [-0.2, -0.15) is 9.61 Å². The zero-order chi connectivity index (χ0) is 9.26. The summed E-state index contributed by atoms with van der Waals surface area (Å²) >= 11 is 3.38. The van der Waals surface area contributed by atoms with Crippen LogP contribution in [0.2, 0.25) is 0 Å². The van der Waals surface area contributed by atoms with Crippen molar-refractivity contribution in [3.63, 3.8) is 0 Å². The third-order valence-corrected chi connectivity index (χ3v) is 2.28. The van der Waals surface area contributed by atoms with Crippen LogP contribution in [0.4, 0.5) is 5.82 Å². The Bertz CT molecular complexity index is 423. The van der Waals surface area contributed by atoms with Crippen molar-refractivity contribution < 1.29 is 0 Å². The molecule has 0 saturated carbocycles. The van der Waals surface area contributed by atoms with Crippen molar-refractivity contribution in [2.24, 2.45) is 0 Å². The minimum Gasteiger partial charge on any atom is -0.370 e. The van der Waals surface area contributed by atoms with Gasteiger partial charge in [-0.1, -0.05) is 0 Å². The molecule has 0 saturated heterocycles. The van der Waals surface area contributed by atoms with E-state index in [0.717, 1.165) is 22.5 Å². The number of aromatic nitrogens is 3. The van der Waals surface area contributed by atoms with Crippen LogP contribution in [0.1, 0.15) is 6.92 Å². The van der Waals surface area contributed by atoms with Crippen molar-refractivity contribution >= 4 is 27.4 Å². The molecule has 2 aromatic rings. The highest BCUT2D eigenvalue weighted by Gasteiger charge is 2.04. The van der Waals surface area contributed by atoms with Gasteiger partial charge in [-0.25, -0.2) is 4.98 Å². The summed E-state index contributed by atoms with van der Waals surface area (Å²) in [7, 11) is 0. The van der Waals surface area contributed by atoms with E-state index in [4.69, 9.17) is 0 Å². The molecule has 0 aromatic carbocycles. The quantitative estimate of drug-likeness (QED) is 0.873. The highest BCUT2D eigenvalue weighted by Crippen LogP contribution is 2.17. The fourth-order valence-electron chi connectivity index (χ4n) is 1.18. The lowest BCUT2D eigenvalue weighted by Gasteiger charge is -2.04. The van der Waals surface area contributed by atoms with Gasteiger partial charge in [0.1, 0.15) is 5.82 Å². The maximum Gasteiger partial charge on any atom is 0.171 e. The van der Waals surface area contributed by atoms with Crippen LogP contribution >= 0.6 is 15.9 Å². The first-order valence-electron chi connectivity index (χ1n) is 4.05. The molecular formula is C8H9BrN4. The molecule has 0 radical (unpaired) electrons. The second kappa shape index (κ2) is 3.33. The molecule has 4 nitrogen and oxygen atoms in total. The summed E-state index contributed by atoms with van der Waals surface area (Å²) in [6.07, 6.45) is 3.50. The number of fused-ring (bicyclic) bond motifs is 1. The molecule has 0 amide bonds. The molecule has 0 spiro atoms. The summed E-state index contributed by atoms with van der Waals surface area (Å²) in [6, 6.07) is 1.90. The number of hydrogen-bond donors (Lipinski definition) is 1. The molecule has 0 aliphatic heterocycles. The fourth-order valence-corrected chi connectivity index (χ4v) is 1.54. The third-order valence-electron chi connectivity index (χ3n) is 1.72. The van der Waals surface area contributed by atoms with E-state index in [0.29, 0.717) is 0 Å². The predicted molar refractivity (Wildman–Crippen MR) is 54.9 cm³/mol. The average molecular weight is 241 g/mol. The fraction of sp³-hybridized carbons (Fsp3) is 0.250. The molecule has 0 fully saturated rings. The van der Waals surface area contributed by atoms with Crippen LogP contribution in [-0.4, -0.2) is 21.1 Å². The van der Waals surface area contributed by atoms with Crippen molar-refractivity contribution in [1.29, 1.82) is 0 Å². The standard InChI is InChI=1S/C8H9BrN4/c1-2-10-7-3-4-11-8-6(9)5-12-13(7)8/h3-5,10H,2H2,1H3. The largest absolute Gasteiger partial charge is 0.370 e. The zero-order valence-corrected chi connectivity index (χ0v) is 8.74. The van der Waals surface area contributed by atoms with E-state index in [-0.39, 0.29) is 0 Å². The number of rotatable bonds is 2. The lowest BCUT2D eigenvalue weighted by atomic mass is 10.5. The molecule has 0 atom stereocenters. The van der Waals surface area contributed by atoms with Gasteiger partial charge in [-0.05, 0) is 28.9 Å². The maximum absolute atomic E-state index is 4.20. The first-order valence-corrected chi connectivity index (χ1v) is 4.84.